The fourth-order valence-corrected chi connectivity index (χ4v) is 11.0. The van der Waals surface area contributed by atoms with Gasteiger partial charge in [-0.3, -0.25) is 0 Å². The van der Waals surface area contributed by atoms with E-state index in [1.54, 1.807) is 72.8 Å². The van der Waals surface area contributed by atoms with E-state index in [2.05, 4.69) is 0 Å². The normalized spacial score (nSPS) is 11.9. The van der Waals surface area contributed by atoms with E-state index >= 15 is 0 Å². The molecule has 1 atom stereocenters. The fourth-order valence-electron chi connectivity index (χ4n) is 4.48. The Morgan fingerprint density at radius 2 is 0.808 bits per heavy atom. The van der Waals surface area contributed by atoms with Gasteiger partial charge >= 0.3 is 23.5 Å². The first kappa shape index (κ1) is 36.1. The van der Waals surface area contributed by atoms with Crippen molar-refractivity contribution in [2.45, 2.75) is 6.92 Å². The molecule has 0 aliphatic heterocycles. The molecule has 2 N–H and O–H groups in total. The molecule has 11 nitrogen and oxygen atoms in total. The van der Waals surface area contributed by atoms with Gasteiger partial charge in [0, 0.05) is 24.7 Å². The first-order valence-corrected chi connectivity index (χ1v) is 20.3. The lowest BCUT2D eigenvalue weighted by molar-refractivity contribution is 0.435. The summed E-state index contributed by atoms with van der Waals surface area (Å²) in [6.07, 6.45) is 0. The van der Waals surface area contributed by atoms with Crippen molar-refractivity contribution in [3.8, 4) is 46.0 Å². The highest BCUT2D eigenvalue weighted by molar-refractivity contribution is 7.70. The van der Waals surface area contributed by atoms with Gasteiger partial charge in [0.15, 0.2) is 11.5 Å². The van der Waals surface area contributed by atoms with Crippen LogP contribution in [0.3, 0.4) is 0 Å². The summed E-state index contributed by atoms with van der Waals surface area (Å²) in [6, 6.07) is 48.7. The first-order valence-electron chi connectivity index (χ1n) is 16.1. The lowest BCUT2D eigenvalue weighted by atomic mass is 10.3. The molecule has 0 aromatic heterocycles. The Balaban J connectivity index is 1.67. The maximum atomic E-state index is 10.5. The molecule has 0 saturated heterocycles. The molecule has 52 heavy (non-hydrogen) atoms. The minimum atomic E-state index is -4.22. The molecule has 0 heterocycles. The summed E-state index contributed by atoms with van der Waals surface area (Å²) in [5, 5.41) is 21.0. The number of hydrogen-bond donors (Lipinski definition) is 2. The number of phenolic OH excluding ortho intramolecular Hbond substituents is 2. The molecule has 0 aliphatic carbocycles. The second-order valence-electron chi connectivity index (χ2n) is 10.7. The molecule has 1 unspecified atom stereocenters. The zero-order chi connectivity index (χ0) is 36.1. The van der Waals surface area contributed by atoms with E-state index in [9.17, 15) is 10.2 Å². The summed E-state index contributed by atoms with van der Waals surface area (Å²) in [5.74, 6) is 1.54. The highest BCUT2D eigenvalue weighted by atomic mass is 31.2. The molecule has 6 aromatic rings. The lowest BCUT2D eigenvalue weighted by Crippen LogP contribution is -2.05. The summed E-state index contributed by atoms with van der Waals surface area (Å²) in [5.41, 5.74) is 0. The quantitative estimate of drug-likeness (QED) is 0.0990. The highest BCUT2D eigenvalue weighted by Crippen LogP contribution is 2.68. The van der Waals surface area contributed by atoms with Gasteiger partial charge < -0.3 is 28.3 Å². The zero-order valence-electron chi connectivity index (χ0n) is 27.9. The number of phenols is 2. The van der Waals surface area contributed by atoms with Crippen molar-refractivity contribution in [1.29, 1.82) is 0 Å². The second kappa shape index (κ2) is 17.5. The van der Waals surface area contributed by atoms with Crippen LogP contribution in [0.2, 0.25) is 0 Å². The van der Waals surface area contributed by atoms with Gasteiger partial charge in [0.25, 0.3) is 0 Å². The van der Waals surface area contributed by atoms with Gasteiger partial charge in [0.2, 0.25) is 0 Å². The molecule has 0 spiro atoms. The van der Waals surface area contributed by atoms with Gasteiger partial charge in [0.1, 0.15) is 34.5 Å². The Morgan fingerprint density at radius 1 is 0.462 bits per heavy atom. The molecule has 6 aromatic carbocycles. The van der Waals surface area contributed by atoms with Crippen molar-refractivity contribution in [1.82, 2.24) is 0 Å². The Hall–Kier alpha value is -5.72. The fraction of sp³-hybridized carbons (Fsp3) is 0.0526. The van der Waals surface area contributed by atoms with E-state index in [1.165, 1.54) is 18.2 Å². The number of benzene rings is 6. The first-order chi connectivity index (χ1) is 25.4. The van der Waals surface area contributed by atoms with Gasteiger partial charge in [-0.15, -0.1) is 0 Å². The van der Waals surface area contributed by atoms with Crippen molar-refractivity contribution in [2.75, 3.05) is 6.54 Å². The lowest BCUT2D eigenvalue weighted by Gasteiger charge is -2.25. The molecule has 0 radical (unpaired) electrons. The third-order valence-corrected chi connectivity index (χ3v) is 13.1. The Kier molecular flexibility index (Phi) is 12.1. The average Bonchev–Trinajstić information content (AvgIpc) is 3.13. The minimum Gasteiger partial charge on any atom is -0.508 e. The second-order valence-corrected chi connectivity index (χ2v) is 15.9. The molecule has 0 fully saturated rings. The number of aromatic hydroxyl groups is 2. The highest BCUT2D eigenvalue weighted by Gasteiger charge is 2.43. The number of para-hydroxylation sites is 5. The molecule has 264 valence electrons. The maximum absolute atomic E-state index is 10.5. The van der Waals surface area contributed by atoms with Crippen molar-refractivity contribution < 1.29 is 37.4 Å². The van der Waals surface area contributed by atoms with Gasteiger partial charge in [0.05, 0.1) is 4.52 Å². The van der Waals surface area contributed by atoms with Crippen LogP contribution in [0.15, 0.2) is 184 Å². The topological polar surface area (TPSA) is 133 Å². The largest absolute Gasteiger partial charge is 0.679 e. The van der Waals surface area contributed by atoms with Crippen LogP contribution in [-0.4, -0.2) is 16.8 Å². The van der Waals surface area contributed by atoms with E-state index in [1.807, 2.05) is 85.8 Å². The van der Waals surface area contributed by atoms with Crippen LogP contribution >= 0.6 is 23.5 Å². The molecular formula is C38H35N3O8P3+. The van der Waals surface area contributed by atoms with Crippen molar-refractivity contribution in [3.63, 3.8) is 0 Å². The summed E-state index contributed by atoms with van der Waals surface area (Å²) in [6.45, 7) is 2.06. The monoisotopic (exact) mass is 754 g/mol. The summed E-state index contributed by atoms with van der Waals surface area (Å²) in [4.78, 5) is 0. The van der Waals surface area contributed by atoms with Crippen molar-refractivity contribution >= 4 is 23.5 Å². The number of hydrogen-bond acceptors (Lipinski definition) is 9. The predicted molar refractivity (Wildman–Crippen MR) is 204 cm³/mol. The van der Waals surface area contributed by atoms with Gasteiger partial charge in [-0.2, -0.15) is 0 Å². The van der Waals surface area contributed by atoms with Gasteiger partial charge in [-0.1, -0.05) is 95.5 Å². The van der Waals surface area contributed by atoms with Gasteiger partial charge in [-0.05, 0) is 67.6 Å². The summed E-state index contributed by atoms with van der Waals surface area (Å²) >= 11 is 0. The smallest absolute Gasteiger partial charge is 0.508 e. The van der Waals surface area contributed by atoms with Crippen LogP contribution in [0.25, 0.3) is 0 Å². The van der Waals surface area contributed by atoms with E-state index in [0.717, 1.165) is 0 Å². The molecule has 0 aliphatic rings. The predicted octanol–water partition coefficient (Wildman–Crippen LogP) is 12.3. The van der Waals surface area contributed by atoms with E-state index in [4.69, 9.17) is 40.9 Å². The van der Waals surface area contributed by atoms with Crippen LogP contribution < -0.4 is 27.1 Å². The van der Waals surface area contributed by atoms with Crippen LogP contribution in [-0.2, 0) is 0 Å². The van der Waals surface area contributed by atoms with E-state index in [0.29, 0.717) is 28.7 Å². The molecule has 14 heteroatoms. The van der Waals surface area contributed by atoms with Crippen molar-refractivity contribution in [2.24, 2.45) is 13.8 Å². The maximum Gasteiger partial charge on any atom is 0.679 e. The van der Waals surface area contributed by atoms with E-state index < -0.39 is 23.5 Å². The molecule has 0 saturated carbocycles. The molecule has 6 rings (SSSR count). The SMILES string of the molecule is CCN=P(N=P(N=[P+](Oc1ccccc1)Oc1ccccc1)(Oc1ccccc1)Oc1cc(O)cc(O)c1)(Oc1ccccc1)Oc1ccccc1. The Labute approximate surface area is 303 Å². The number of nitrogens with zero attached hydrogens (tertiary/aromatic N) is 3. The van der Waals surface area contributed by atoms with Crippen LogP contribution in [0, 0.1) is 0 Å². The molecular weight excluding hydrogens is 719 g/mol. The van der Waals surface area contributed by atoms with Gasteiger partial charge in [-0.25, -0.2) is 13.8 Å². The Bertz CT molecular complexity index is 2070. The summed E-state index contributed by atoms with van der Waals surface area (Å²) in [7, 11) is -10.4. The number of rotatable bonds is 15. The minimum absolute atomic E-state index is 0.0161. The molecule has 0 amide bonds. The van der Waals surface area contributed by atoms with Crippen LogP contribution in [0.5, 0.6) is 46.0 Å². The summed E-state index contributed by atoms with van der Waals surface area (Å²) < 4.78 is 54.5. The third-order valence-electron chi connectivity index (χ3n) is 6.59. The van der Waals surface area contributed by atoms with E-state index in [-0.39, 0.29) is 23.8 Å². The Morgan fingerprint density at radius 3 is 1.19 bits per heavy atom. The third kappa shape index (κ3) is 10.4. The van der Waals surface area contributed by atoms with Crippen molar-refractivity contribution in [3.05, 3.63) is 170 Å². The standard InChI is InChI=1S/C38H34N3O8P3/c1-2-39-51(46-35-22-12-5-13-23-35,47-36-24-14-6-15-25-36)41-52(48-37-26-16-7-17-27-37,49-38-29-31(42)28-32(43)30-38)40-50(44-33-18-8-3-9-19-33)45-34-20-10-4-11-21-34/h3-30H,2H2,1H3,(H-,42,43)/p+1. The average molecular weight is 755 g/mol. The zero-order valence-corrected chi connectivity index (χ0v) is 30.6. The molecule has 0 bridgehead atoms. The van der Waals surface area contributed by atoms with Crippen LogP contribution in [0.1, 0.15) is 6.92 Å². The van der Waals surface area contributed by atoms with Crippen LogP contribution in [0.4, 0.5) is 0 Å².